The number of hydrogen-bond donors (Lipinski definition) is 1. The van der Waals surface area contributed by atoms with Gasteiger partial charge in [-0.1, -0.05) is 0 Å². The quantitative estimate of drug-likeness (QED) is 0.939. The van der Waals surface area contributed by atoms with Gasteiger partial charge in [-0.05, 0) is 63.5 Å². The molecule has 1 aliphatic heterocycles. The summed E-state index contributed by atoms with van der Waals surface area (Å²) in [6.07, 6.45) is 6.86. The molecule has 1 aliphatic rings. The second kappa shape index (κ2) is 6.48. The number of imidazole rings is 1. The number of aryl methyl sites for hydroxylation is 1. The fraction of sp³-hybridized carbons (Fsp3) is 0.529. The number of hydrogen-bond acceptors (Lipinski definition) is 3. The van der Waals surface area contributed by atoms with E-state index in [0.717, 1.165) is 37.3 Å². The normalized spacial score (nSPS) is 17.0. The SMILES string of the molecule is Cc1ccn2cc(CNC(=O)CC3CCN(C)CC3)nc2c1. The first-order chi connectivity index (χ1) is 10.6. The second-order valence-electron chi connectivity index (χ2n) is 6.43. The average molecular weight is 300 g/mol. The van der Waals surface area contributed by atoms with Crippen molar-refractivity contribution in [3.63, 3.8) is 0 Å². The third-order valence-electron chi connectivity index (χ3n) is 4.44. The molecule has 1 amide bonds. The van der Waals surface area contributed by atoms with Gasteiger partial charge in [-0.2, -0.15) is 0 Å². The molecule has 1 fully saturated rings. The van der Waals surface area contributed by atoms with E-state index < -0.39 is 0 Å². The Labute approximate surface area is 131 Å². The Morgan fingerprint density at radius 3 is 2.95 bits per heavy atom. The lowest BCUT2D eigenvalue weighted by Crippen LogP contribution is -2.33. The molecule has 0 spiro atoms. The molecule has 0 aromatic carbocycles. The number of carbonyl (C=O) groups is 1. The number of nitrogens with one attached hydrogen (secondary N) is 1. The first kappa shape index (κ1) is 15.0. The van der Waals surface area contributed by atoms with Crippen LogP contribution in [0.15, 0.2) is 24.5 Å². The first-order valence-corrected chi connectivity index (χ1v) is 7.99. The van der Waals surface area contributed by atoms with Gasteiger partial charge in [0.25, 0.3) is 0 Å². The van der Waals surface area contributed by atoms with Crippen LogP contribution in [0.1, 0.15) is 30.5 Å². The Hall–Kier alpha value is -1.88. The Balaban J connectivity index is 1.51. The van der Waals surface area contributed by atoms with Crippen LogP contribution in [0.5, 0.6) is 0 Å². The van der Waals surface area contributed by atoms with Gasteiger partial charge >= 0.3 is 0 Å². The highest BCUT2D eigenvalue weighted by Crippen LogP contribution is 2.19. The molecule has 22 heavy (non-hydrogen) atoms. The van der Waals surface area contributed by atoms with Crippen molar-refractivity contribution in [1.29, 1.82) is 0 Å². The van der Waals surface area contributed by atoms with Crippen LogP contribution in [0.25, 0.3) is 5.65 Å². The van der Waals surface area contributed by atoms with Gasteiger partial charge in [0, 0.05) is 18.8 Å². The zero-order chi connectivity index (χ0) is 15.5. The standard InChI is InChI=1S/C17H24N4O/c1-13-3-8-21-12-15(19-16(21)9-13)11-18-17(22)10-14-4-6-20(2)7-5-14/h3,8-9,12,14H,4-7,10-11H2,1-2H3,(H,18,22). The topological polar surface area (TPSA) is 49.6 Å². The average Bonchev–Trinajstić information content (AvgIpc) is 2.89. The van der Waals surface area contributed by atoms with Gasteiger partial charge in [-0.25, -0.2) is 4.98 Å². The van der Waals surface area contributed by atoms with Crippen molar-refractivity contribution in [3.8, 4) is 0 Å². The monoisotopic (exact) mass is 300 g/mol. The largest absolute Gasteiger partial charge is 0.350 e. The third kappa shape index (κ3) is 3.65. The van der Waals surface area contributed by atoms with Crippen LogP contribution in [0.2, 0.25) is 0 Å². The molecule has 0 bridgehead atoms. The van der Waals surface area contributed by atoms with Crippen LogP contribution >= 0.6 is 0 Å². The summed E-state index contributed by atoms with van der Waals surface area (Å²) in [4.78, 5) is 18.9. The number of carbonyl (C=O) groups excluding carboxylic acids is 1. The van der Waals surface area contributed by atoms with Crippen molar-refractivity contribution >= 4 is 11.6 Å². The molecular weight excluding hydrogens is 276 g/mol. The molecule has 2 aromatic rings. The summed E-state index contributed by atoms with van der Waals surface area (Å²) in [6.45, 7) is 4.76. The van der Waals surface area contributed by atoms with Crippen LogP contribution in [-0.2, 0) is 11.3 Å². The van der Waals surface area contributed by atoms with Crippen molar-refractivity contribution < 1.29 is 4.79 Å². The minimum absolute atomic E-state index is 0.141. The zero-order valence-corrected chi connectivity index (χ0v) is 13.4. The van der Waals surface area contributed by atoms with Crippen LogP contribution in [0.3, 0.4) is 0 Å². The molecule has 3 heterocycles. The molecule has 3 rings (SSSR count). The number of pyridine rings is 1. The maximum atomic E-state index is 12.1. The molecule has 1 N–H and O–H groups in total. The third-order valence-corrected chi connectivity index (χ3v) is 4.44. The number of aromatic nitrogens is 2. The van der Waals surface area contributed by atoms with Gasteiger partial charge in [0.2, 0.25) is 5.91 Å². The summed E-state index contributed by atoms with van der Waals surface area (Å²) < 4.78 is 1.99. The molecular formula is C17H24N4O. The minimum Gasteiger partial charge on any atom is -0.350 e. The van der Waals surface area contributed by atoms with Gasteiger partial charge < -0.3 is 14.6 Å². The minimum atomic E-state index is 0.141. The van der Waals surface area contributed by atoms with Crippen molar-refractivity contribution in [2.75, 3.05) is 20.1 Å². The summed E-state index contributed by atoms with van der Waals surface area (Å²) in [5.74, 6) is 0.669. The lowest BCUT2D eigenvalue weighted by molar-refractivity contribution is -0.122. The van der Waals surface area contributed by atoms with E-state index in [1.807, 2.05) is 22.9 Å². The highest BCUT2D eigenvalue weighted by atomic mass is 16.1. The molecule has 5 heteroatoms. The summed E-state index contributed by atoms with van der Waals surface area (Å²) in [6, 6.07) is 4.10. The Morgan fingerprint density at radius 2 is 2.18 bits per heavy atom. The Morgan fingerprint density at radius 1 is 1.41 bits per heavy atom. The number of piperidine rings is 1. The zero-order valence-electron chi connectivity index (χ0n) is 13.4. The van der Waals surface area contributed by atoms with Crippen LogP contribution in [0, 0.1) is 12.8 Å². The summed E-state index contributed by atoms with van der Waals surface area (Å²) in [7, 11) is 2.14. The highest BCUT2D eigenvalue weighted by Gasteiger charge is 2.19. The van der Waals surface area contributed by atoms with E-state index in [1.54, 1.807) is 0 Å². The van der Waals surface area contributed by atoms with E-state index in [9.17, 15) is 4.79 Å². The maximum Gasteiger partial charge on any atom is 0.220 e. The number of fused-ring (bicyclic) bond motifs is 1. The van der Waals surface area contributed by atoms with Crippen molar-refractivity contribution in [3.05, 3.63) is 35.8 Å². The van der Waals surface area contributed by atoms with E-state index in [-0.39, 0.29) is 5.91 Å². The van der Waals surface area contributed by atoms with Crippen LogP contribution in [0.4, 0.5) is 0 Å². The summed E-state index contributed by atoms with van der Waals surface area (Å²) in [5, 5.41) is 3.00. The Kier molecular flexibility index (Phi) is 4.43. The van der Waals surface area contributed by atoms with Crippen LogP contribution in [-0.4, -0.2) is 40.3 Å². The van der Waals surface area contributed by atoms with Crippen molar-refractivity contribution in [2.24, 2.45) is 5.92 Å². The number of amides is 1. The molecule has 0 atom stereocenters. The summed E-state index contributed by atoms with van der Waals surface area (Å²) >= 11 is 0. The van der Waals surface area contributed by atoms with Gasteiger partial charge in [0.15, 0.2) is 0 Å². The number of nitrogens with zero attached hydrogens (tertiary/aromatic N) is 3. The smallest absolute Gasteiger partial charge is 0.220 e. The fourth-order valence-corrected chi connectivity index (χ4v) is 3.01. The molecule has 5 nitrogen and oxygen atoms in total. The molecule has 0 saturated carbocycles. The predicted molar refractivity (Wildman–Crippen MR) is 86.6 cm³/mol. The lowest BCUT2D eigenvalue weighted by Gasteiger charge is -2.28. The van der Waals surface area contributed by atoms with Gasteiger partial charge in [0.05, 0.1) is 12.2 Å². The maximum absolute atomic E-state index is 12.1. The summed E-state index contributed by atoms with van der Waals surface area (Å²) in [5.41, 5.74) is 3.03. The number of rotatable bonds is 4. The van der Waals surface area contributed by atoms with E-state index in [2.05, 4.69) is 35.2 Å². The Bertz CT molecular complexity index is 656. The van der Waals surface area contributed by atoms with Gasteiger partial charge in [0.1, 0.15) is 5.65 Å². The lowest BCUT2D eigenvalue weighted by atomic mass is 9.93. The second-order valence-corrected chi connectivity index (χ2v) is 6.43. The number of likely N-dealkylation sites (tertiary alicyclic amines) is 1. The molecule has 118 valence electrons. The molecule has 0 aliphatic carbocycles. The van der Waals surface area contributed by atoms with Crippen molar-refractivity contribution in [1.82, 2.24) is 19.6 Å². The highest BCUT2D eigenvalue weighted by molar-refractivity contribution is 5.76. The fourth-order valence-electron chi connectivity index (χ4n) is 3.01. The van der Waals surface area contributed by atoms with Crippen LogP contribution < -0.4 is 5.32 Å². The molecule has 2 aromatic heterocycles. The van der Waals surface area contributed by atoms with Crippen molar-refractivity contribution in [2.45, 2.75) is 32.7 Å². The predicted octanol–water partition coefficient (Wildman–Crippen LogP) is 1.99. The molecule has 0 unspecified atom stereocenters. The van der Waals surface area contributed by atoms with E-state index in [4.69, 9.17) is 0 Å². The molecule has 1 saturated heterocycles. The first-order valence-electron chi connectivity index (χ1n) is 7.99. The van der Waals surface area contributed by atoms with Gasteiger partial charge in [-0.15, -0.1) is 0 Å². The molecule has 0 radical (unpaired) electrons. The van der Waals surface area contributed by atoms with Gasteiger partial charge in [-0.3, -0.25) is 4.79 Å². The van der Waals surface area contributed by atoms with E-state index in [0.29, 0.717) is 18.9 Å². The van der Waals surface area contributed by atoms with E-state index >= 15 is 0 Å². The van der Waals surface area contributed by atoms with E-state index in [1.165, 1.54) is 5.56 Å².